The summed E-state index contributed by atoms with van der Waals surface area (Å²) in [6.45, 7) is 1.54. The van der Waals surface area contributed by atoms with Crippen LogP contribution in [-0.2, 0) is 16.8 Å². The van der Waals surface area contributed by atoms with Gasteiger partial charge < -0.3 is 0 Å². The SMILES string of the molecule is CC(F)Cc1cccc(C2(N=C=O)CC2)c1. The van der Waals surface area contributed by atoms with Crippen molar-refractivity contribution in [1.29, 1.82) is 0 Å². The average Bonchev–Trinajstić information content (AvgIpc) is 2.99. The van der Waals surface area contributed by atoms with E-state index in [1.54, 1.807) is 13.0 Å². The highest BCUT2D eigenvalue weighted by molar-refractivity contribution is 5.42. The van der Waals surface area contributed by atoms with Gasteiger partial charge in [0, 0.05) is 6.42 Å². The van der Waals surface area contributed by atoms with Gasteiger partial charge in [-0.2, -0.15) is 4.99 Å². The standard InChI is InChI=1S/C13H14FNO/c1-10(14)7-11-3-2-4-12(8-11)13(5-6-13)15-9-16/h2-4,8,10H,5-7H2,1H3. The lowest BCUT2D eigenvalue weighted by atomic mass is 10.0. The first-order valence-electron chi connectivity index (χ1n) is 5.49. The summed E-state index contributed by atoms with van der Waals surface area (Å²) in [5, 5.41) is 0. The van der Waals surface area contributed by atoms with Crippen molar-refractivity contribution in [2.75, 3.05) is 0 Å². The largest absolute Gasteiger partial charge is 0.247 e. The molecule has 2 rings (SSSR count). The molecule has 3 heteroatoms. The molecule has 0 bridgehead atoms. The van der Waals surface area contributed by atoms with Crippen LogP contribution in [0.5, 0.6) is 0 Å². The first-order valence-corrected chi connectivity index (χ1v) is 5.49. The molecule has 0 spiro atoms. The van der Waals surface area contributed by atoms with Gasteiger partial charge in [-0.15, -0.1) is 0 Å². The molecule has 0 amide bonds. The summed E-state index contributed by atoms with van der Waals surface area (Å²) in [7, 11) is 0. The highest BCUT2D eigenvalue weighted by Crippen LogP contribution is 2.49. The Kier molecular flexibility index (Phi) is 2.88. The Balaban J connectivity index is 2.26. The van der Waals surface area contributed by atoms with Crippen LogP contribution in [0.1, 0.15) is 30.9 Å². The van der Waals surface area contributed by atoms with Crippen LogP contribution in [0.2, 0.25) is 0 Å². The number of aliphatic imine (C=N–C) groups is 1. The third kappa shape index (κ3) is 2.20. The molecule has 1 aliphatic carbocycles. The fraction of sp³-hybridized carbons (Fsp3) is 0.462. The van der Waals surface area contributed by atoms with Crippen LogP contribution in [0.4, 0.5) is 4.39 Å². The van der Waals surface area contributed by atoms with Crippen molar-refractivity contribution in [3.63, 3.8) is 0 Å². The zero-order valence-corrected chi connectivity index (χ0v) is 9.24. The summed E-state index contributed by atoms with van der Waals surface area (Å²) in [6, 6.07) is 7.69. The van der Waals surface area contributed by atoms with Gasteiger partial charge >= 0.3 is 0 Å². The van der Waals surface area contributed by atoms with E-state index >= 15 is 0 Å². The van der Waals surface area contributed by atoms with Crippen LogP contribution in [0, 0.1) is 0 Å². The van der Waals surface area contributed by atoms with Gasteiger partial charge in [-0.1, -0.05) is 24.3 Å². The number of alkyl halides is 1. The molecule has 0 saturated heterocycles. The minimum absolute atomic E-state index is 0.350. The Morgan fingerprint density at radius 2 is 2.31 bits per heavy atom. The summed E-state index contributed by atoms with van der Waals surface area (Å²) in [6.07, 6.45) is 2.97. The molecule has 0 aliphatic heterocycles. The van der Waals surface area contributed by atoms with Crippen molar-refractivity contribution in [2.45, 2.75) is 37.9 Å². The Morgan fingerprint density at radius 3 is 2.88 bits per heavy atom. The van der Waals surface area contributed by atoms with E-state index in [1.807, 2.05) is 24.3 Å². The van der Waals surface area contributed by atoms with E-state index in [9.17, 15) is 9.18 Å². The molecular weight excluding hydrogens is 205 g/mol. The number of hydrogen-bond acceptors (Lipinski definition) is 2. The number of rotatable bonds is 4. The average molecular weight is 219 g/mol. The molecule has 1 aliphatic rings. The normalized spacial score (nSPS) is 18.6. The van der Waals surface area contributed by atoms with E-state index in [1.165, 1.54) is 0 Å². The molecule has 0 aromatic heterocycles. The van der Waals surface area contributed by atoms with Crippen LogP contribution in [-0.4, -0.2) is 12.3 Å². The van der Waals surface area contributed by atoms with E-state index in [0.717, 1.165) is 24.0 Å². The second-order valence-electron chi connectivity index (χ2n) is 4.42. The molecule has 1 saturated carbocycles. The van der Waals surface area contributed by atoms with Crippen LogP contribution < -0.4 is 0 Å². The number of isocyanates is 1. The van der Waals surface area contributed by atoms with Crippen LogP contribution in [0.25, 0.3) is 0 Å². The van der Waals surface area contributed by atoms with Gasteiger partial charge in [0.1, 0.15) is 6.17 Å². The monoisotopic (exact) mass is 219 g/mol. The van der Waals surface area contributed by atoms with Crippen LogP contribution >= 0.6 is 0 Å². The van der Waals surface area contributed by atoms with E-state index in [2.05, 4.69) is 4.99 Å². The molecule has 1 aromatic rings. The van der Waals surface area contributed by atoms with Gasteiger partial charge in [0.15, 0.2) is 0 Å². The van der Waals surface area contributed by atoms with E-state index in [-0.39, 0.29) is 5.54 Å². The molecule has 1 fully saturated rings. The summed E-state index contributed by atoms with van der Waals surface area (Å²) < 4.78 is 12.9. The lowest BCUT2D eigenvalue weighted by Gasteiger charge is -2.10. The molecule has 0 heterocycles. The van der Waals surface area contributed by atoms with Crippen LogP contribution in [0.3, 0.4) is 0 Å². The zero-order chi connectivity index (χ0) is 11.6. The third-order valence-electron chi connectivity index (χ3n) is 2.96. The summed E-state index contributed by atoms with van der Waals surface area (Å²) in [5.74, 6) is 0. The number of nitrogens with zero attached hydrogens (tertiary/aromatic N) is 1. The fourth-order valence-electron chi connectivity index (χ4n) is 1.98. The molecule has 1 unspecified atom stereocenters. The molecule has 0 radical (unpaired) electrons. The maximum atomic E-state index is 12.9. The third-order valence-corrected chi connectivity index (χ3v) is 2.96. The van der Waals surface area contributed by atoms with Gasteiger partial charge in [-0.05, 0) is 30.9 Å². The highest BCUT2D eigenvalue weighted by Gasteiger charge is 2.44. The molecule has 84 valence electrons. The van der Waals surface area contributed by atoms with Crippen molar-refractivity contribution in [1.82, 2.24) is 0 Å². The molecular formula is C13H14FNO. The van der Waals surface area contributed by atoms with Crippen molar-refractivity contribution in [2.24, 2.45) is 4.99 Å². The molecule has 1 atom stereocenters. The zero-order valence-electron chi connectivity index (χ0n) is 9.24. The molecule has 2 nitrogen and oxygen atoms in total. The van der Waals surface area contributed by atoms with E-state index in [4.69, 9.17) is 0 Å². The Bertz CT molecular complexity index is 431. The smallest absolute Gasteiger partial charge is 0.235 e. The van der Waals surface area contributed by atoms with Gasteiger partial charge in [0.2, 0.25) is 6.08 Å². The number of halogens is 1. The van der Waals surface area contributed by atoms with Gasteiger partial charge in [-0.25, -0.2) is 9.18 Å². The van der Waals surface area contributed by atoms with Crippen molar-refractivity contribution in [3.05, 3.63) is 35.4 Å². The number of hydrogen-bond donors (Lipinski definition) is 0. The molecule has 0 N–H and O–H groups in total. The first-order chi connectivity index (χ1) is 7.66. The number of benzene rings is 1. The predicted octanol–water partition coefficient (Wildman–Crippen LogP) is 2.91. The predicted molar refractivity (Wildman–Crippen MR) is 59.7 cm³/mol. The topological polar surface area (TPSA) is 29.4 Å². The fourth-order valence-corrected chi connectivity index (χ4v) is 1.98. The van der Waals surface area contributed by atoms with Crippen molar-refractivity contribution >= 4 is 6.08 Å². The summed E-state index contributed by atoms with van der Waals surface area (Å²) >= 11 is 0. The summed E-state index contributed by atoms with van der Waals surface area (Å²) in [5.41, 5.74) is 1.62. The van der Waals surface area contributed by atoms with E-state index < -0.39 is 6.17 Å². The highest BCUT2D eigenvalue weighted by atomic mass is 19.1. The van der Waals surface area contributed by atoms with Gasteiger partial charge in [0.25, 0.3) is 0 Å². The second-order valence-corrected chi connectivity index (χ2v) is 4.42. The Morgan fingerprint density at radius 1 is 1.56 bits per heavy atom. The lowest BCUT2D eigenvalue weighted by Crippen LogP contribution is -2.04. The summed E-state index contributed by atoms with van der Waals surface area (Å²) in [4.78, 5) is 14.2. The minimum atomic E-state index is -0.847. The van der Waals surface area contributed by atoms with Gasteiger partial charge in [0.05, 0.1) is 5.54 Å². The quantitative estimate of drug-likeness (QED) is 0.565. The van der Waals surface area contributed by atoms with Crippen molar-refractivity contribution < 1.29 is 9.18 Å². The number of carbonyl (C=O) groups excluding carboxylic acids is 1. The van der Waals surface area contributed by atoms with Crippen molar-refractivity contribution in [3.8, 4) is 0 Å². The molecule has 16 heavy (non-hydrogen) atoms. The minimum Gasteiger partial charge on any atom is -0.247 e. The maximum Gasteiger partial charge on any atom is 0.235 e. The van der Waals surface area contributed by atoms with Gasteiger partial charge in [-0.3, -0.25) is 0 Å². The molecule has 1 aromatic carbocycles. The Labute approximate surface area is 94.2 Å². The lowest BCUT2D eigenvalue weighted by molar-refractivity contribution is 0.360. The second kappa shape index (κ2) is 4.18. The Hall–Kier alpha value is -1.47. The van der Waals surface area contributed by atoms with Crippen LogP contribution in [0.15, 0.2) is 29.3 Å². The maximum absolute atomic E-state index is 12.9. The first kappa shape index (κ1) is 11.0. The van der Waals surface area contributed by atoms with E-state index in [0.29, 0.717) is 6.42 Å².